The highest BCUT2D eigenvalue weighted by atomic mass is 32.1. The van der Waals surface area contributed by atoms with Gasteiger partial charge in [0.1, 0.15) is 6.04 Å². The molecule has 0 spiro atoms. The second kappa shape index (κ2) is 9.09. The molecule has 1 fully saturated rings. The first-order valence-electron chi connectivity index (χ1n) is 10.8. The monoisotopic (exact) mass is 443 g/mol. The zero-order valence-electron chi connectivity index (χ0n) is 19.2. The fourth-order valence-electron chi connectivity index (χ4n) is 3.82. The number of likely N-dealkylation sites (tertiary alicyclic amines) is 1. The van der Waals surface area contributed by atoms with Gasteiger partial charge in [-0.15, -0.1) is 11.3 Å². The van der Waals surface area contributed by atoms with Crippen LogP contribution in [0.15, 0.2) is 29.8 Å². The van der Waals surface area contributed by atoms with Gasteiger partial charge in [-0.05, 0) is 30.4 Å². The van der Waals surface area contributed by atoms with E-state index in [0.29, 0.717) is 0 Å². The van der Waals surface area contributed by atoms with Crippen molar-refractivity contribution in [1.82, 2.24) is 15.2 Å². The summed E-state index contributed by atoms with van der Waals surface area (Å²) >= 11 is 1.61. The van der Waals surface area contributed by atoms with E-state index < -0.39 is 12.1 Å². The molecule has 31 heavy (non-hydrogen) atoms. The largest absolute Gasteiger partial charge is 0.391 e. The van der Waals surface area contributed by atoms with Gasteiger partial charge >= 0.3 is 0 Å². The van der Waals surface area contributed by atoms with Crippen molar-refractivity contribution in [1.29, 1.82) is 0 Å². The number of aromatic nitrogens is 1. The van der Waals surface area contributed by atoms with Crippen molar-refractivity contribution in [3.8, 4) is 10.4 Å². The molecule has 168 valence electrons. The first-order valence-corrected chi connectivity index (χ1v) is 11.7. The summed E-state index contributed by atoms with van der Waals surface area (Å²) in [5.74, 6) is -0.546. The average molecular weight is 444 g/mol. The molecule has 4 atom stereocenters. The van der Waals surface area contributed by atoms with Gasteiger partial charge in [0.15, 0.2) is 0 Å². The maximum Gasteiger partial charge on any atom is 0.243 e. The van der Waals surface area contributed by atoms with Crippen molar-refractivity contribution in [2.45, 2.75) is 66.2 Å². The summed E-state index contributed by atoms with van der Waals surface area (Å²) in [6, 6.07) is 7.24. The third kappa shape index (κ3) is 5.15. The molecule has 1 saturated heterocycles. The molecule has 6 nitrogen and oxygen atoms in total. The molecule has 1 aromatic carbocycles. The molecular weight excluding hydrogens is 410 g/mol. The van der Waals surface area contributed by atoms with Crippen LogP contribution in [-0.2, 0) is 9.59 Å². The number of nitrogens with zero attached hydrogens (tertiary/aromatic N) is 2. The van der Waals surface area contributed by atoms with Crippen LogP contribution in [0.1, 0.15) is 58.3 Å². The third-order valence-electron chi connectivity index (χ3n) is 6.31. The Morgan fingerprint density at radius 2 is 1.87 bits per heavy atom. The van der Waals surface area contributed by atoms with Gasteiger partial charge < -0.3 is 15.3 Å². The summed E-state index contributed by atoms with van der Waals surface area (Å²) in [4.78, 5) is 33.0. The van der Waals surface area contributed by atoms with Crippen LogP contribution >= 0.6 is 11.3 Å². The fourth-order valence-corrected chi connectivity index (χ4v) is 4.63. The third-order valence-corrected chi connectivity index (χ3v) is 7.29. The van der Waals surface area contributed by atoms with Crippen molar-refractivity contribution in [3.05, 3.63) is 41.0 Å². The van der Waals surface area contributed by atoms with Crippen LogP contribution < -0.4 is 5.32 Å². The molecule has 7 heteroatoms. The van der Waals surface area contributed by atoms with Gasteiger partial charge in [-0.3, -0.25) is 9.59 Å². The number of β-amino-alcohol motifs (C(OH)–C–C–N with tert-alkyl or cyclic N) is 1. The zero-order chi connectivity index (χ0) is 22.9. The van der Waals surface area contributed by atoms with E-state index in [1.807, 2.05) is 71.3 Å². The van der Waals surface area contributed by atoms with Crippen LogP contribution in [0.25, 0.3) is 10.4 Å². The Hall–Kier alpha value is -2.25. The van der Waals surface area contributed by atoms with Gasteiger partial charge in [-0.2, -0.15) is 0 Å². The predicted molar refractivity (Wildman–Crippen MR) is 124 cm³/mol. The lowest BCUT2D eigenvalue weighted by Crippen LogP contribution is -2.49. The Kier molecular flexibility index (Phi) is 6.86. The van der Waals surface area contributed by atoms with E-state index in [4.69, 9.17) is 0 Å². The highest BCUT2D eigenvalue weighted by Crippen LogP contribution is 2.31. The van der Waals surface area contributed by atoms with Crippen LogP contribution in [0.4, 0.5) is 0 Å². The van der Waals surface area contributed by atoms with Gasteiger partial charge in [0, 0.05) is 18.9 Å². The maximum absolute atomic E-state index is 13.0. The van der Waals surface area contributed by atoms with E-state index in [1.54, 1.807) is 16.2 Å². The molecular formula is C24H33N3O3S. The van der Waals surface area contributed by atoms with E-state index in [2.05, 4.69) is 10.3 Å². The molecule has 2 N–H and O–H groups in total. The lowest BCUT2D eigenvalue weighted by Gasteiger charge is -2.33. The van der Waals surface area contributed by atoms with Gasteiger partial charge in [0.2, 0.25) is 11.8 Å². The second-order valence-corrected chi connectivity index (χ2v) is 10.5. The lowest BCUT2D eigenvalue weighted by atomic mass is 9.81. The molecule has 2 amide bonds. The Morgan fingerprint density at radius 3 is 2.42 bits per heavy atom. The summed E-state index contributed by atoms with van der Waals surface area (Å²) in [5, 5.41) is 13.2. The number of aliphatic hydroxyl groups excluding tert-OH is 1. The zero-order valence-corrected chi connectivity index (χ0v) is 20.0. The van der Waals surface area contributed by atoms with Crippen molar-refractivity contribution in [2.24, 2.45) is 11.3 Å². The molecule has 0 bridgehead atoms. The number of carbonyl (C=O) groups is 2. The number of hydrogen-bond acceptors (Lipinski definition) is 5. The number of carbonyl (C=O) groups excluding carboxylic acids is 2. The fraction of sp³-hybridized carbons (Fsp3) is 0.542. The molecule has 3 rings (SSSR count). The minimum Gasteiger partial charge on any atom is -0.391 e. The second-order valence-electron chi connectivity index (χ2n) is 9.60. The Bertz CT molecular complexity index is 932. The molecule has 0 aliphatic carbocycles. The highest BCUT2D eigenvalue weighted by Gasteiger charge is 2.42. The Balaban J connectivity index is 1.69. The molecule has 0 radical (unpaired) electrons. The Labute approximate surface area is 188 Å². The number of benzene rings is 1. The lowest BCUT2D eigenvalue weighted by molar-refractivity contribution is -0.144. The summed E-state index contributed by atoms with van der Waals surface area (Å²) in [6.45, 7) is 12.0. The highest BCUT2D eigenvalue weighted by molar-refractivity contribution is 7.13. The van der Waals surface area contributed by atoms with Crippen LogP contribution in [0.2, 0.25) is 0 Å². The maximum atomic E-state index is 13.0. The standard InChI is InChI=1S/C24H33N3O3S/c1-14(24(4,5)6)23(30)27-12-19(28)11-20(27)22(29)26-15(2)17-7-9-18(10-8-17)21-16(3)25-13-31-21/h7-10,13-15,19-20,28H,11-12H2,1-6H3,(H,26,29)/t14-,15+,19-,20?/m1/s1. The van der Waals surface area contributed by atoms with E-state index in [1.165, 1.54) is 0 Å². The van der Waals surface area contributed by atoms with E-state index in [0.717, 1.165) is 21.7 Å². The molecule has 1 unspecified atom stereocenters. The average Bonchev–Trinajstić information content (AvgIpc) is 3.31. The van der Waals surface area contributed by atoms with E-state index in [9.17, 15) is 14.7 Å². The number of hydrogen-bond donors (Lipinski definition) is 2. The van der Waals surface area contributed by atoms with Gasteiger partial charge in [0.25, 0.3) is 0 Å². The first-order chi connectivity index (χ1) is 14.5. The topological polar surface area (TPSA) is 82.5 Å². The van der Waals surface area contributed by atoms with Crippen molar-refractivity contribution in [2.75, 3.05) is 6.54 Å². The minimum absolute atomic E-state index is 0.0823. The molecule has 2 aromatic rings. The van der Waals surface area contributed by atoms with E-state index in [-0.39, 0.29) is 42.2 Å². The number of aliphatic hydroxyl groups is 1. The SMILES string of the molecule is Cc1ncsc1-c1ccc([C@H](C)NC(=O)C2C[C@@H](O)CN2C(=O)[C@@H](C)C(C)(C)C)cc1. The number of amides is 2. The molecule has 1 aromatic heterocycles. The summed E-state index contributed by atoms with van der Waals surface area (Å²) in [6.07, 6.45) is -0.408. The first kappa shape index (κ1) is 23.4. The molecule has 1 aliphatic heterocycles. The van der Waals surface area contributed by atoms with Crippen molar-refractivity contribution >= 4 is 23.2 Å². The summed E-state index contributed by atoms with van der Waals surface area (Å²) < 4.78 is 0. The van der Waals surface area contributed by atoms with E-state index >= 15 is 0 Å². The number of nitrogens with one attached hydrogen (secondary N) is 1. The van der Waals surface area contributed by atoms with Crippen LogP contribution in [-0.4, -0.2) is 45.5 Å². The number of rotatable bonds is 5. The van der Waals surface area contributed by atoms with Crippen LogP contribution in [0.5, 0.6) is 0 Å². The van der Waals surface area contributed by atoms with Crippen LogP contribution in [0, 0.1) is 18.3 Å². The van der Waals surface area contributed by atoms with Gasteiger partial charge in [-0.1, -0.05) is 52.0 Å². The normalized spacial score (nSPS) is 21.1. The van der Waals surface area contributed by atoms with Gasteiger partial charge in [0.05, 0.1) is 28.2 Å². The van der Waals surface area contributed by atoms with Gasteiger partial charge in [-0.25, -0.2) is 4.98 Å². The summed E-state index contributed by atoms with van der Waals surface area (Å²) in [7, 11) is 0. The smallest absolute Gasteiger partial charge is 0.243 e. The number of thiazole rings is 1. The Morgan fingerprint density at radius 1 is 1.23 bits per heavy atom. The van der Waals surface area contributed by atoms with Crippen LogP contribution in [0.3, 0.4) is 0 Å². The molecule has 0 saturated carbocycles. The molecule has 1 aliphatic rings. The van der Waals surface area contributed by atoms with Crippen molar-refractivity contribution in [3.63, 3.8) is 0 Å². The molecule has 2 heterocycles. The predicted octanol–water partition coefficient (Wildman–Crippen LogP) is 3.94. The summed E-state index contributed by atoms with van der Waals surface area (Å²) in [5.41, 5.74) is 4.73. The van der Waals surface area contributed by atoms with Crippen molar-refractivity contribution < 1.29 is 14.7 Å². The minimum atomic E-state index is -0.677. The quantitative estimate of drug-likeness (QED) is 0.733. The number of aryl methyl sites for hydroxylation is 1.